The van der Waals surface area contributed by atoms with Gasteiger partial charge >= 0.3 is 0 Å². The third-order valence-corrected chi connectivity index (χ3v) is 4.37. The average molecular weight is 386 g/mol. The first-order valence-corrected chi connectivity index (χ1v) is 10.2. The topological polar surface area (TPSA) is 47.9 Å². The number of nitrogens with zero attached hydrogens (tertiary/aromatic N) is 1. The molecule has 0 amide bonds. The second-order valence-corrected chi connectivity index (χ2v) is 7.22. The van der Waals surface area contributed by atoms with Crippen molar-refractivity contribution in [2.75, 3.05) is 19.8 Å². The lowest BCUT2D eigenvalue weighted by Gasteiger charge is -2.14. The lowest BCUT2D eigenvalue weighted by atomic mass is 9.90. The van der Waals surface area contributed by atoms with Crippen molar-refractivity contribution in [1.29, 1.82) is 0 Å². The van der Waals surface area contributed by atoms with Gasteiger partial charge in [0.15, 0.2) is 5.78 Å². The van der Waals surface area contributed by atoms with Crippen LogP contribution < -0.4 is 4.74 Å². The minimum atomic E-state index is -0.0714. The SMILES string of the molecule is CC.CCC(C)C(=O)COCCOc1ccc(C2=CC(C)(C)C=NC=C2)cc1. The largest absolute Gasteiger partial charge is 0.491 e. The summed E-state index contributed by atoms with van der Waals surface area (Å²) in [6.45, 7) is 13.2. The van der Waals surface area contributed by atoms with E-state index in [0.717, 1.165) is 23.3 Å². The van der Waals surface area contributed by atoms with E-state index in [1.807, 2.05) is 70.5 Å². The van der Waals surface area contributed by atoms with Crippen LogP contribution in [0.15, 0.2) is 47.6 Å². The molecule has 0 aliphatic carbocycles. The molecule has 1 unspecified atom stereocenters. The van der Waals surface area contributed by atoms with E-state index in [4.69, 9.17) is 9.47 Å². The van der Waals surface area contributed by atoms with Gasteiger partial charge in [-0.15, -0.1) is 0 Å². The summed E-state index contributed by atoms with van der Waals surface area (Å²) in [5.41, 5.74) is 2.20. The van der Waals surface area contributed by atoms with E-state index < -0.39 is 0 Å². The number of rotatable bonds is 9. The molecule has 0 fully saturated rings. The number of allylic oxidation sites excluding steroid dienone is 3. The molecule has 0 saturated carbocycles. The van der Waals surface area contributed by atoms with Gasteiger partial charge in [-0.3, -0.25) is 9.79 Å². The molecule has 1 aromatic carbocycles. The van der Waals surface area contributed by atoms with Crippen LogP contribution in [0.1, 0.15) is 53.5 Å². The Kier molecular flexibility index (Phi) is 10.5. The predicted molar refractivity (Wildman–Crippen MR) is 118 cm³/mol. The van der Waals surface area contributed by atoms with E-state index in [1.165, 1.54) is 0 Å². The predicted octanol–water partition coefficient (Wildman–Crippen LogP) is 5.73. The molecule has 1 aromatic rings. The van der Waals surface area contributed by atoms with Crippen LogP contribution in [0.5, 0.6) is 5.75 Å². The number of hydrogen-bond donors (Lipinski definition) is 0. The van der Waals surface area contributed by atoms with Crippen molar-refractivity contribution in [3.8, 4) is 5.75 Å². The Balaban J connectivity index is 0.00000190. The Morgan fingerprint density at radius 3 is 2.46 bits per heavy atom. The van der Waals surface area contributed by atoms with Gasteiger partial charge in [0.2, 0.25) is 0 Å². The Labute approximate surface area is 170 Å². The van der Waals surface area contributed by atoms with E-state index >= 15 is 0 Å². The van der Waals surface area contributed by atoms with Crippen molar-refractivity contribution >= 4 is 17.6 Å². The maximum atomic E-state index is 11.7. The minimum Gasteiger partial charge on any atom is -0.491 e. The number of carbonyl (C=O) groups is 1. The van der Waals surface area contributed by atoms with Gasteiger partial charge in [-0.25, -0.2) is 0 Å². The minimum absolute atomic E-state index is 0.0613. The van der Waals surface area contributed by atoms with Gasteiger partial charge in [-0.05, 0) is 35.8 Å². The fraction of sp³-hybridized carbons (Fsp3) is 0.500. The van der Waals surface area contributed by atoms with Gasteiger partial charge in [0, 0.05) is 23.7 Å². The molecular weight excluding hydrogens is 350 g/mol. The van der Waals surface area contributed by atoms with Gasteiger partial charge in [0.1, 0.15) is 19.0 Å². The summed E-state index contributed by atoms with van der Waals surface area (Å²) >= 11 is 0. The second kappa shape index (κ2) is 12.3. The van der Waals surface area contributed by atoms with Crippen LogP contribution in [0.25, 0.3) is 5.57 Å². The maximum Gasteiger partial charge on any atom is 0.161 e. The van der Waals surface area contributed by atoms with Crippen LogP contribution in [-0.2, 0) is 9.53 Å². The zero-order chi connectivity index (χ0) is 21.0. The van der Waals surface area contributed by atoms with Gasteiger partial charge in [0.05, 0.1) is 6.61 Å². The summed E-state index contributed by atoms with van der Waals surface area (Å²) in [5.74, 6) is 0.999. The second-order valence-electron chi connectivity index (χ2n) is 7.22. The molecule has 4 heteroatoms. The molecule has 0 saturated heterocycles. The van der Waals surface area contributed by atoms with Crippen LogP contribution in [0.4, 0.5) is 0 Å². The number of aliphatic imine (C=N–C) groups is 1. The van der Waals surface area contributed by atoms with Gasteiger partial charge in [-0.1, -0.05) is 59.8 Å². The van der Waals surface area contributed by atoms with Crippen LogP contribution in [0, 0.1) is 11.3 Å². The Hall–Kier alpha value is -2.20. The standard InChI is InChI=1S/C22H29NO3.C2H6/c1-5-17(2)21(24)15-25-12-13-26-20-8-6-18(7-9-20)19-10-11-23-16-22(3,4)14-19;1-2/h6-11,14,16-17H,5,12-13,15H2,1-4H3;1-2H3. The quantitative estimate of drug-likeness (QED) is 0.510. The molecule has 1 aliphatic heterocycles. The van der Waals surface area contributed by atoms with Crippen molar-refractivity contribution in [3.63, 3.8) is 0 Å². The maximum absolute atomic E-state index is 11.7. The first-order valence-electron chi connectivity index (χ1n) is 10.2. The van der Waals surface area contributed by atoms with Crippen molar-refractivity contribution in [1.82, 2.24) is 0 Å². The number of ether oxygens (including phenoxy) is 2. The molecule has 1 heterocycles. The molecule has 4 nitrogen and oxygen atoms in total. The third-order valence-electron chi connectivity index (χ3n) is 4.37. The molecule has 0 radical (unpaired) electrons. The average Bonchev–Trinajstić information content (AvgIpc) is 2.89. The normalized spacial score (nSPS) is 15.7. The summed E-state index contributed by atoms with van der Waals surface area (Å²) in [6.07, 6.45) is 8.84. The highest BCUT2D eigenvalue weighted by atomic mass is 16.5. The van der Waals surface area contributed by atoms with Gasteiger partial charge in [-0.2, -0.15) is 0 Å². The molecule has 1 aliphatic rings. The number of carbonyl (C=O) groups excluding carboxylic acids is 1. The monoisotopic (exact) mass is 385 g/mol. The molecule has 0 N–H and O–H groups in total. The van der Waals surface area contributed by atoms with Crippen LogP contribution in [-0.4, -0.2) is 31.8 Å². The molecular formula is C24H35NO3. The molecule has 2 rings (SSSR count). The summed E-state index contributed by atoms with van der Waals surface area (Å²) in [5, 5.41) is 0. The summed E-state index contributed by atoms with van der Waals surface area (Å²) < 4.78 is 11.1. The van der Waals surface area contributed by atoms with Crippen LogP contribution >= 0.6 is 0 Å². The summed E-state index contributed by atoms with van der Waals surface area (Å²) in [6, 6.07) is 7.99. The Morgan fingerprint density at radius 2 is 1.82 bits per heavy atom. The zero-order valence-corrected chi connectivity index (χ0v) is 18.2. The van der Waals surface area contributed by atoms with Crippen molar-refractivity contribution in [3.05, 3.63) is 48.2 Å². The molecule has 28 heavy (non-hydrogen) atoms. The van der Waals surface area contributed by atoms with Gasteiger partial charge < -0.3 is 9.47 Å². The van der Waals surface area contributed by atoms with Crippen molar-refractivity contribution < 1.29 is 14.3 Å². The number of Topliss-reactive ketones (excluding diaryl/α,β-unsaturated/α-hetero) is 1. The number of hydrogen-bond acceptors (Lipinski definition) is 4. The van der Waals surface area contributed by atoms with E-state index in [1.54, 1.807) is 0 Å². The molecule has 0 bridgehead atoms. The molecule has 154 valence electrons. The Bertz CT molecular complexity index is 684. The first kappa shape index (κ1) is 23.8. The first-order chi connectivity index (χ1) is 13.4. The molecule has 0 aromatic heterocycles. The van der Waals surface area contributed by atoms with E-state index in [0.29, 0.717) is 13.2 Å². The van der Waals surface area contributed by atoms with Crippen molar-refractivity contribution in [2.45, 2.75) is 48.0 Å². The summed E-state index contributed by atoms with van der Waals surface area (Å²) in [4.78, 5) is 16.0. The molecule has 1 atom stereocenters. The van der Waals surface area contributed by atoms with E-state index in [-0.39, 0.29) is 23.7 Å². The van der Waals surface area contributed by atoms with Gasteiger partial charge in [0.25, 0.3) is 0 Å². The highest BCUT2D eigenvalue weighted by molar-refractivity contribution is 5.82. The van der Waals surface area contributed by atoms with Crippen LogP contribution in [0.3, 0.4) is 0 Å². The lowest BCUT2D eigenvalue weighted by molar-refractivity contribution is -0.127. The smallest absolute Gasteiger partial charge is 0.161 e. The van der Waals surface area contributed by atoms with Crippen LogP contribution in [0.2, 0.25) is 0 Å². The summed E-state index contributed by atoms with van der Waals surface area (Å²) in [7, 11) is 0. The van der Waals surface area contributed by atoms with E-state index in [2.05, 4.69) is 24.9 Å². The highest BCUT2D eigenvalue weighted by Gasteiger charge is 2.14. The number of benzene rings is 1. The zero-order valence-electron chi connectivity index (χ0n) is 18.2. The fourth-order valence-corrected chi connectivity index (χ4v) is 2.53. The number of ketones is 1. The lowest BCUT2D eigenvalue weighted by Crippen LogP contribution is -2.18. The third kappa shape index (κ3) is 8.22. The fourth-order valence-electron chi connectivity index (χ4n) is 2.53. The molecule has 0 spiro atoms. The Morgan fingerprint density at radius 1 is 1.14 bits per heavy atom. The van der Waals surface area contributed by atoms with E-state index in [9.17, 15) is 4.79 Å². The van der Waals surface area contributed by atoms with Crippen molar-refractivity contribution in [2.24, 2.45) is 16.3 Å². The highest BCUT2D eigenvalue weighted by Crippen LogP contribution is 2.27.